The molecule has 4 nitrogen and oxygen atoms in total. The number of halogens is 1. The van der Waals surface area contributed by atoms with Gasteiger partial charge in [0, 0.05) is 15.8 Å². The zero-order valence-electron chi connectivity index (χ0n) is 12.6. The monoisotopic (exact) mass is 392 g/mol. The van der Waals surface area contributed by atoms with Gasteiger partial charge in [-0.2, -0.15) is 0 Å². The molecule has 0 radical (unpaired) electrons. The van der Waals surface area contributed by atoms with Crippen LogP contribution in [0, 0.1) is 0 Å². The van der Waals surface area contributed by atoms with Gasteiger partial charge in [0.05, 0.1) is 11.0 Å². The van der Waals surface area contributed by atoms with Crippen molar-refractivity contribution < 1.29 is 9.59 Å². The molecule has 6 heteroatoms. The Morgan fingerprint density at radius 2 is 1.61 bits per heavy atom. The number of anilines is 2. The lowest BCUT2D eigenvalue weighted by Crippen LogP contribution is -2.25. The van der Waals surface area contributed by atoms with E-state index in [-0.39, 0.29) is 22.8 Å². The highest BCUT2D eigenvalue weighted by Gasteiger charge is 2.15. The van der Waals surface area contributed by atoms with Crippen LogP contribution in [0.4, 0.5) is 11.4 Å². The van der Waals surface area contributed by atoms with E-state index in [1.165, 1.54) is 11.8 Å². The highest BCUT2D eigenvalue weighted by atomic mass is 79.9. The molecule has 0 aliphatic carbocycles. The molecule has 1 unspecified atom stereocenters. The fraction of sp³-hybridized carbons (Fsp3) is 0.176. The first-order valence-corrected chi connectivity index (χ1v) is 8.91. The van der Waals surface area contributed by atoms with E-state index < -0.39 is 0 Å². The maximum absolute atomic E-state index is 12.1. The van der Waals surface area contributed by atoms with Gasteiger partial charge in [-0.05, 0) is 43.3 Å². The van der Waals surface area contributed by atoms with Crippen LogP contribution in [-0.2, 0) is 9.59 Å². The summed E-state index contributed by atoms with van der Waals surface area (Å²) >= 11 is 4.65. The Morgan fingerprint density at radius 3 is 2.26 bits per heavy atom. The van der Waals surface area contributed by atoms with Crippen molar-refractivity contribution in [3.05, 3.63) is 59.1 Å². The molecule has 0 saturated heterocycles. The zero-order chi connectivity index (χ0) is 16.7. The average molecular weight is 393 g/mol. The lowest BCUT2D eigenvalue weighted by molar-refractivity contribution is -0.115. The minimum Gasteiger partial charge on any atom is -0.325 e. The van der Waals surface area contributed by atoms with Gasteiger partial charge >= 0.3 is 0 Å². The van der Waals surface area contributed by atoms with Gasteiger partial charge in [0.1, 0.15) is 0 Å². The zero-order valence-corrected chi connectivity index (χ0v) is 15.0. The number of rotatable bonds is 6. The number of benzene rings is 2. The molecular formula is C17H17BrN2O2S. The molecule has 0 aliphatic heterocycles. The van der Waals surface area contributed by atoms with Crippen molar-refractivity contribution in [2.24, 2.45) is 0 Å². The van der Waals surface area contributed by atoms with Crippen LogP contribution in [0.1, 0.15) is 6.92 Å². The molecule has 0 fully saturated rings. The molecule has 0 aliphatic rings. The van der Waals surface area contributed by atoms with Gasteiger partial charge in [-0.3, -0.25) is 9.59 Å². The number of carbonyl (C=O) groups excluding carboxylic acids is 2. The van der Waals surface area contributed by atoms with Crippen molar-refractivity contribution in [3.63, 3.8) is 0 Å². The molecule has 0 bridgehead atoms. The maximum Gasteiger partial charge on any atom is 0.237 e. The molecule has 0 aromatic heterocycles. The Bertz CT molecular complexity index is 662. The number of hydrogen-bond donors (Lipinski definition) is 2. The summed E-state index contributed by atoms with van der Waals surface area (Å²) in [4.78, 5) is 24.0. The first-order valence-electron chi connectivity index (χ1n) is 7.07. The van der Waals surface area contributed by atoms with Crippen LogP contribution in [0.15, 0.2) is 59.1 Å². The fourth-order valence-corrected chi connectivity index (χ4v) is 2.72. The van der Waals surface area contributed by atoms with E-state index in [1.807, 2.05) is 54.6 Å². The first kappa shape index (κ1) is 17.6. The Balaban J connectivity index is 1.77. The third-order valence-electron chi connectivity index (χ3n) is 3.00. The van der Waals surface area contributed by atoms with E-state index in [9.17, 15) is 9.59 Å². The number of hydrogen-bond acceptors (Lipinski definition) is 3. The normalized spacial score (nSPS) is 11.6. The fourth-order valence-electron chi connectivity index (χ4n) is 1.77. The van der Waals surface area contributed by atoms with E-state index in [1.54, 1.807) is 6.92 Å². The molecule has 2 amide bonds. The predicted octanol–water partition coefficient (Wildman–Crippen LogP) is 4.15. The van der Waals surface area contributed by atoms with Gasteiger partial charge in [-0.15, -0.1) is 11.8 Å². The minimum absolute atomic E-state index is 0.121. The van der Waals surface area contributed by atoms with Crippen molar-refractivity contribution in [1.29, 1.82) is 0 Å². The summed E-state index contributed by atoms with van der Waals surface area (Å²) in [5, 5.41) is 5.31. The molecule has 0 heterocycles. The summed E-state index contributed by atoms with van der Waals surface area (Å²) in [7, 11) is 0. The molecule has 2 rings (SSSR count). The van der Waals surface area contributed by atoms with Crippen molar-refractivity contribution in [1.82, 2.24) is 0 Å². The van der Waals surface area contributed by atoms with Crippen LogP contribution in [-0.4, -0.2) is 22.8 Å². The van der Waals surface area contributed by atoms with Crippen LogP contribution in [0.3, 0.4) is 0 Å². The van der Waals surface area contributed by atoms with Crippen LogP contribution in [0.5, 0.6) is 0 Å². The highest BCUT2D eigenvalue weighted by molar-refractivity contribution is 9.10. The molecule has 2 aromatic rings. The number of thioether (sulfide) groups is 1. The molecule has 1 atom stereocenters. The van der Waals surface area contributed by atoms with Crippen molar-refractivity contribution in [3.8, 4) is 0 Å². The molecule has 2 N–H and O–H groups in total. The van der Waals surface area contributed by atoms with Gasteiger partial charge in [0.25, 0.3) is 0 Å². The van der Waals surface area contributed by atoms with Gasteiger partial charge < -0.3 is 10.6 Å². The third kappa shape index (κ3) is 6.08. The quantitative estimate of drug-likeness (QED) is 0.775. The van der Waals surface area contributed by atoms with E-state index in [0.29, 0.717) is 0 Å². The van der Waals surface area contributed by atoms with E-state index in [2.05, 4.69) is 26.6 Å². The predicted molar refractivity (Wildman–Crippen MR) is 99.8 cm³/mol. The third-order valence-corrected chi connectivity index (χ3v) is 4.67. The minimum atomic E-state index is -0.319. The number of nitrogens with one attached hydrogen (secondary N) is 2. The highest BCUT2D eigenvalue weighted by Crippen LogP contribution is 2.17. The topological polar surface area (TPSA) is 58.2 Å². The Morgan fingerprint density at radius 1 is 1.00 bits per heavy atom. The van der Waals surface area contributed by atoms with Crippen molar-refractivity contribution >= 4 is 50.9 Å². The Kier molecular flexibility index (Phi) is 6.67. The summed E-state index contributed by atoms with van der Waals surface area (Å²) < 4.78 is 0.954. The molecule has 0 saturated carbocycles. The van der Waals surface area contributed by atoms with E-state index in [4.69, 9.17) is 0 Å². The first-order chi connectivity index (χ1) is 11.0. The SMILES string of the molecule is CC(SCC(=O)Nc1ccccc1)C(=O)Nc1ccc(Br)cc1. The second kappa shape index (κ2) is 8.74. The molecule has 23 heavy (non-hydrogen) atoms. The molecular weight excluding hydrogens is 376 g/mol. The number of amides is 2. The van der Waals surface area contributed by atoms with Crippen molar-refractivity contribution in [2.75, 3.05) is 16.4 Å². The number of para-hydroxylation sites is 1. The molecule has 0 spiro atoms. The summed E-state index contributed by atoms with van der Waals surface area (Å²) in [5.74, 6) is -0.0154. The smallest absolute Gasteiger partial charge is 0.237 e. The Labute approximate surface area is 148 Å². The summed E-state index contributed by atoms with van der Waals surface area (Å²) in [6.45, 7) is 1.79. The lowest BCUT2D eigenvalue weighted by atomic mass is 10.3. The summed E-state index contributed by atoms with van der Waals surface area (Å²) in [6.07, 6.45) is 0. The summed E-state index contributed by atoms with van der Waals surface area (Å²) in [5.41, 5.74) is 1.49. The van der Waals surface area contributed by atoms with Crippen LogP contribution < -0.4 is 10.6 Å². The molecule has 120 valence electrons. The van der Waals surface area contributed by atoms with Gasteiger partial charge in [-0.1, -0.05) is 34.1 Å². The van der Waals surface area contributed by atoms with Gasteiger partial charge in [0.15, 0.2) is 0 Å². The molecule has 2 aromatic carbocycles. The average Bonchev–Trinajstić information content (AvgIpc) is 2.55. The lowest BCUT2D eigenvalue weighted by Gasteiger charge is -2.12. The largest absolute Gasteiger partial charge is 0.325 e. The van der Waals surface area contributed by atoms with Gasteiger partial charge in [-0.25, -0.2) is 0 Å². The maximum atomic E-state index is 12.1. The second-order valence-corrected chi connectivity index (χ2v) is 7.11. The Hall–Kier alpha value is -1.79. The summed E-state index contributed by atoms with van der Waals surface area (Å²) in [6, 6.07) is 16.6. The van der Waals surface area contributed by atoms with Crippen LogP contribution in [0.2, 0.25) is 0 Å². The second-order valence-electron chi connectivity index (χ2n) is 4.86. The standard InChI is InChI=1S/C17H17BrN2O2S/c1-12(17(22)20-15-9-7-13(18)8-10-15)23-11-16(21)19-14-5-3-2-4-6-14/h2-10,12H,11H2,1H3,(H,19,21)(H,20,22). The van der Waals surface area contributed by atoms with Crippen LogP contribution in [0.25, 0.3) is 0 Å². The van der Waals surface area contributed by atoms with E-state index >= 15 is 0 Å². The van der Waals surface area contributed by atoms with Gasteiger partial charge in [0.2, 0.25) is 11.8 Å². The van der Waals surface area contributed by atoms with E-state index in [0.717, 1.165) is 15.8 Å². The number of carbonyl (C=O) groups is 2. The van der Waals surface area contributed by atoms with Crippen LogP contribution >= 0.6 is 27.7 Å². The van der Waals surface area contributed by atoms with Crippen molar-refractivity contribution in [2.45, 2.75) is 12.2 Å².